The van der Waals surface area contributed by atoms with Gasteiger partial charge in [0.1, 0.15) is 17.2 Å². The van der Waals surface area contributed by atoms with Gasteiger partial charge in [-0.1, -0.05) is 0 Å². The molecular weight excluding hydrogens is 491 g/mol. The third kappa shape index (κ3) is 5.53. The van der Waals surface area contributed by atoms with Crippen LogP contribution < -0.4 is 9.47 Å². The molecule has 3 aromatic carbocycles. The highest BCUT2D eigenvalue weighted by atomic mass is 19.4. The Morgan fingerprint density at radius 1 is 0.892 bits per heavy atom. The summed E-state index contributed by atoms with van der Waals surface area (Å²) in [4.78, 5) is 23.9. The first-order valence-electron chi connectivity index (χ1n) is 11.2. The van der Waals surface area contributed by atoms with E-state index in [9.17, 15) is 33.0 Å². The van der Waals surface area contributed by atoms with Crippen LogP contribution >= 0.6 is 0 Å². The molecule has 0 fully saturated rings. The normalized spacial score (nSPS) is 11.6. The fraction of sp³-hybridized carbons (Fsp3) is 0.185. The van der Waals surface area contributed by atoms with E-state index in [-0.39, 0.29) is 34.2 Å². The van der Waals surface area contributed by atoms with E-state index in [1.807, 2.05) is 13.8 Å². The first-order valence-corrected chi connectivity index (χ1v) is 11.2. The molecule has 0 aliphatic heterocycles. The fourth-order valence-electron chi connectivity index (χ4n) is 4.02. The zero-order valence-corrected chi connectivity index (χ0v) is 19.7. The SMILES string of the molecule is CC(C)Oc1ccc(-n2c(CC(=O)O)c(C(=O)O)c3cc(Oc4ccc(C(F)(F)F)cc4)ccc32)cc1. The van der Waals surface area contributed by atoms with Crippen molar-refractivity contribution in [3.05, 3.63) is 83.6 Å². The van der Waals surface area contributed by atoms with E-state index in [0.29, 0.717) is 17.0 Å². The van der Waals surface area contributed by atoms with Crippen LogP contribution in [0.3, 0.4) is 0 Å². The van der Waals surface area contributed by atoms with Crippen LogP contribution in [0.25, 0.3) is 16.6 Å². The maximum absolute atomic E-state index is 12.8. The predicted octanol–water partition coefficient (Wildman–Crippen LogP) is 6.55. The standard InChI is InChI=1S/C27H22F3NO6/c1-15(2)36-18-9-5-17(6-10-18)31-22-12-11-20(37-19-7-3-16(4-8-19)27(28,29)30)13-21(22)25(26(34)35)23(31)14-24(32)33/h3-13,15H,14H2,1-2H3,(H,32,33)(H,34,35). The molecule has 0 amide bonds. The Labute approximate surface area is 209 Å². The Hall–Kier alpha value is -4.47. The van der Waals surface area contributed by atoms with Gasteiger partial charge in [0.05, 0.1) is 29.2 Å². The maximum Gasteiger partial charge on any atom is 0.416 e. The number of nitrogens with zero attached hydrogens (tertiary/aromatic N) is 1. The van der Waals surface area contributed by atoms with Gasteiger partial charge in [0.2, 0.25) is 0 Å². The molecule has 37 heavy (non-hydrogen) atoms. The third-order valence-corrected chi connectivity index (χ3v) is 5.45. The van der Waals surface area contributed by atoms with Gasteiger partial charge < -0.3 is 24.3 Å². The number of hydrogen-bond acceptors (Lipinski definition) is 4. The zero-order chi connectivity index (χ0) is 26.9. The average molecular weight is 513 g/mol. The number of carboxylic acid groups (broad SMARTS) is 2. The van der Waals surface area contributed by atoms with Crippen molar-refractivity contribution in [1.29, 1.82) is 0 Å². The molecule has 0 aliphatic carbocycles. The van der Waals surface area contributed by atoms with Crippen LogP contribution in [-0.2, 0) is 17.4 Å². The molecule has 1 aromatic heterocycles. The summed E-state index contributed by atoms with van der Waals surface area (Å²) in [5.74, 6) is -1.65. The molecular formula is C27H22F3NO6. The number of alkyl halides is 3. The molecule has 0 radical (unpaired) electrons. The second kappa shape index (κ2) is 9.88. The molecule has 2 N–H and O–H groups in total. The molecule has 0 saturated heterocycles. The Kier molecular flexibility index (Phi) is 6.84. The molecule has 0 bridgehead atoms. The Balaban J connectivity index is 1.81. The number of rotatable bonds is 8. The quantitative estimate of drug-likeness (QED) is 0.277. The van der Waals surface area contributed by atoms with Gasteiger partial charge in [-0.05, 0) is 80.6 Å². The second-order valence-electron chi connectivity index (χ2n) is 8.50. The minimum Gasteiger partial charge on any atom is -0.491 e. The van der Waals surface area contributed by atoms with E-state index in [0.717, 1.165) is 24.3 Å². The minimum absolute atomic E-state index is 0.0532. The largest absolute Gasteiger partial charge is 0.491 e. The number of ether oxygens (including phenoxy) is 2. The highest BCUT2D eigenvalue weighted by Gasteiger charge is 2.30. The molecule has 7 nitrogen and oxygen atoms in total. The number of carbonyl (C=O) groups is 2. The second-order valence-corrected chi connectivity index (χ2v) is 8.50. The van der Waals surface area contributed by atoms with Crippen molar-refractivity contribution >= 4 is 22.8 Å². The lowest BCUT2D eigenvalue weighted by molar-refractivity contribution is -0.138. The molecule has 0 spiro atoms. The fourth-order valence-corrected chi connectivity index (χ4v) is 4.02. The summed E-state index contributed by atoms with van der Waals surface area (Å²) in [6.45, 7) is 3.75. The van der Waals surface area contributed by atoms with Gasteiger partial charge in [-0.15, -0.1) is 0 Å². The third-order valence-electron chi connectivity index (χ3n) is 5.45. The Morgan fingerprint density at radius 2 is 1.49 bits per heavy atom. The predicted molar refractivity (Wildman–Crippen MR) is 129 cm³/mol. The van der Waals surface area contributed by atoms with Gasteiger partial charge in [0, 0.05) is 16.8 Å². The minimum atomic E-state index is -4.49. The number of halogens is 3. The molecule has 0 atom stereocenters. The van der Waals surface area contributed by atoms with Gasteiger partial charge in [-0.2, -0.15) is 13.2 Å². The topological polar surface area (TPSA) is 98.0 Å². The van der Waals surface area contributed by atoms with Crippen LogP contribution in [0.15, 0.2) is 66.7 Å². The van der Waals surface area contributed by atoms with E-state index in [4.69, 9.17) is 9.47 Å². The van der Waals surface area contributed by atoms with Crippen molar-refractivity contribution in [3.8, 4) is 22.9 Å². The lowest BCUT2D eigenvalue weighted by Gasteiger charge is -2.13. The Morgan fingerprint density at radius 3 is 2.03 bits per heavy atom. The van der Waals surface area contributed by atoms with E-state index in [2.05, 4.69) is 0 Å². The van der Waals surface area contributed by atoms with Crippen molar-refractivity contribution in [3.63, 3.8) is 0 Å². The summed E-state index contributed by atoms with van der Waals surface area (Å²) in [7, 11) is 0. The number of aromatic carboxylic acids is 1. The van der Waals surface area contributed by atoms with Crippen LogP contribution in [0.1, 0.15) is 35.5 Å². The van der Waals surface area contributed by atoms with E-state index >= 15 is 0 Å². The summed E-state index contributed by atoms with van der Waals surface area (Å²) in [6.07, 6.45) is -5.10. The van der Waals surface area contributed by atoms with Gasteiger partial charge in [0.25, 0.3) is 0 Å². The summed E-state index contributed by atoms with van der Waals surface area (Å²) in [5, 5.41) is 19.7. The molecule has 192 valence electrons. The first-order chi connectivity index (χ1) is 17.4. The van der Waals surface area contributed by atoms with Crippen molar-refractivity contribution in [2.45, 2.75) is 32.5 Å². The smallest absolute Gasteiger partial charge is 0.416 e. The molecule has 0 unspecified atom stereocenters. The van der Waals surface area contributed by atoms with Crippen molar-refractivity contribution in [1.82, 2.24) is 4.57 Å². The highest BCUT2D eigenvalue weighted by molar-refractivity contribution is 6.07. The molecule has 10 heteroatoms. The van der Waals surface area contributed by atoms with Crippen LogP contribution in [-0.4, -0.2) is 32.8 Å². The Bertz CT molecular complexity index is 1460. The van der Waals surface area contributed by atoms with Crippen LogP contribution in [0.5, 0.6) is 17.2 Å². The summed E-state index contributed by atoms with van der Waals surface area (Å²) < 4.78 is 51.4. The van der Waals surface area contributed by atoms with E-state index in [1.54, 1.807) is 34.9 Å². The highest BCUT2D eigenvalue weighted by Crippen LogP contribution is 2.36. The molecule has 4 rings (SSSR count). The molecule has 1 heterocycles. The van der Waals surface area contributed by atoms with E-state index in [1.165, 1.54) is 12.1 Å². The van der Waals surface area contributed by atoms with Crippen LogP contribution in [0, 0.1) is 0 Å². The summed E-state index contributed by atoms with van der Waals surface area (Å²) >= 11 is 0. The summed E-state index contributed by atoms with van der Waals surface area (Å²) in [6, 6.07) is 15.4. The molecule has 0 aliphatic rings. The van der Waals surface area contributed by atoms with E-state index < -0.39 is 30.1 Å². The summed E-state index contributed by atoms with van der Waals surface area (Å²) in [5.41, 5.74) is -0.0344. The monoisotopic (exact) mass is 513 g/mol. The lowest BCUT2D eigenvalue weighted by atomic mass is 10.1. The van der Waals surface area contributed by atoms with Crippen molar-refractivity contribution in [2.24, 2.45) is 0 Å². The lowest BCUT2D eigenvalue weighted by Crippen LogP contribution is -2.11. The molecule has 0 saturated carbocycles. The number of aliphatic carboxylic acids is 1. The average Bonchev–Trinajstić information content (AvgIpc) is 3.11. The number of hydrogen-bond donors (Lipinski definition) is 2. The van der Waals surface area contributed by atoms with Crippen LogP contribution in [0.2, 0.25) is 0 Å². The van der Waals surface area contributed by atoms with Gasteiger partial charge in [-0.3, -0.25) is 4.79 Å². The number of benzene rings is 3. The van der Waals surface area contributed by atoms with Crippen molar-refractivity contribution < 1.29 is 42.4 Å². The number of carboxylic acids is 2. The maximum atomic E-state index is 12.8. The van der Waals surface area contributed by atoms with Gasteiger partial charge in [-0.25, -0.2) is 4.79 Å². The molecule has 4 aromatic rings. The van der Waals surface area contributed by atoms with Crippen molar-refractivity contribution in [2.75, 3.05) is 0 Å². The zero-order valence-electron chi connectivity index (χ0n) is 19.7. The van der Waals surface area contributed by atoms with Gasteiger partial charge in [0.15, 0.2) is 0 Å². The van der Waals surface area contributed by atoms with Gasteiger partial charge >= 0.3 is 18.1 Å². The number of fused-ring (bicyclic) bond motifs is 1. The first kappa shape index (κ1) is 25.6. The van der Waals surface area contributed by atoms with Crippen LogP contribution in [0.4, 0.5) is 13.2 Å². The number of aromatic nitrogens is 1.